The van der Waals surface area contributed by atoms with Crippen LogP contribution in [0.4, 0.5) is 0 Å². The van der Waals surface area contributed by atoms with Crippen LogP contribution in [0.5, 0.6) is 0 Å². The number of carboxylic acids is 1. The number of benzene rings is 3. The fourth-order valence-corrected chi connectivity index (χ4v) is 9.15. The Bertz CT molecular complexity index is 1230. The van der Waals surface area contributed by atoms with E-state index < -0.39 is 24.9 Å². The monoisotopic (exact) mass is 501 g/mol. The van der Waals surface area contributed by atoms with E-state index in [0.717, 1.165) is 15.9 Å². The van der Waals surface area contributed by atoms with Crippen LogP contribution < -0.4 is 15.9 Å². The summed E-state index contributed by atoms with van der Waals surface area (Å²) in [5.41, 5.74) is 0.0747. The number of carboxylic acid groups (broad SMARTS) is 1. The number of ether oxygens (including phenoxy) is 1. The molecule has 184 valence electrons. The average molecular weight is 502 g/mol. The second-order valence-corrected chi connectivity index (χ2v) is 11.8. The lowest BCUT2D eigenvalue weighted by atomic mass is 9.86. The molecular formula is C29H28NO5P. The van der Waals surface area contributed by atoms with Crippen molar-refractivity contribution < 1.29 is 24.2 Å². The molecule has 7 heteroatoms. The van der Waals surface area contributed by atoms with E-state index in [0.29, 0.717) is 6.42 Å². The fraction of sp³-hybridized carbons (Fsp3) is 0.172. The number of methoxy groups -OCH3 is 1. The quantitative estimate of drug-likeness (QED) is 0.222. The molecular weight excluding hydrogens is 473 g/mol. The molecule has 1 aliphatic rings. The van der Waals surface area contributed by atoms with Crippen LogP contribution in [0.1, 0.15) is 13.3 Å². The molecule has 0 bridgehead atoms. The first-order valence-corrected chi connectivity index (χ1v) is 13.5. The largest absolute Gasteiger partial charge is 0.477 e. The molecule has 1 saturated heterocycles. The van der Waals surface area contributed by atoms with E-state index in [2.05, 4.69) is 4.74 Å². The van der Waals surface area contributed by atoms with Gasteiger partial charge in [-0.2, -0.15) is 0 Å². The number of hydrogen-bond acceptors (Lipinski definition) is 4. The van der Waals surface area contributed by atoms with E-state index in [1.807, 2.05) is 91.0 Å². The Hall–Kier alpha value is -3.89. The van der Waals surface area contributed by atoms with Gasteiger partial charge in [0.15, 0.2) is 0 Å². The van der Waals surface area contributed by atoms with Crippen molar-refractivity contribution in [1.82, 2.24) is 4.90 Å². The maximum atomic E-state index is 13.4. The van der Waals surface area contributed by atoms with Gasteiger partial charge in [0.05, 0.1) is 19.1 Å². The van der Waals surface area contributed by atoms with Crippen molar-refractivity contribution in [3.63, 3.8) is 0 Å². The van der Waals surface area contributed by atoms with E-state index in [-0.39, 0.29) is 17.2 Å². The van der Waals surface area contributed by atoms with Crippen molar-refractivity contribution in [2.24, 2.45) is 5.92 Å². The standard InChI is InChI=1S/C29H28NO5P/c1-21-25(19-12-20-26(31)35-2)30(27(21)32)28(29(33)34)36(22-13-6-3-7-14-22,23-15-8-4-9-16-23)24-17-10-5-11-18-24/h3-18,20-21,25H,19H2,1-2H3,(H,33,34)/b20-12+. The topological polar surface area (TPSA) is 83.9 Å². The normalized spacial score (nSPS) is 17.5. The predicted octanol–water partition coefficient (Wildman–Crippen LogP) is 3.16. The van der Waals surface area contributed by atoms with Crippen LogP contribution in [0.3, 0.4) is 0 Å². The van der Waals surface area contributed by atoms with Crippen molar-refractivity contribution in [3.8, 4) is 0 Å². The third kappa shape index (κ3) is 4.40. The summed E-state index contributed by atoms with van der Waals surface area (Å²) < 4.78 is 4.67. The average Bonchev–Trinajstić information content (AvgIpc) is 2.93. The Kier molecular flexibility index (Phi) is 7.56. The molecule has 1 aliphatic heterocycles. The number of amides is 1. The second kappa shape index (κ2) is 10.8. The first kappa shape index (κ1) is 25.2. The SMILES string of the molecule is COC(=O)/C=C/CC1C(C)C(=O)N1C(C(=O)O)=P(c1ccccc1)(c1ccccc1)c1ccccc1. The van der Waals surface area contributed by atoms with Gasteiger partial charge in [-0.05, 0) is 22.3 Å². The molecule has 36 heavy (non-hydrogen) atoms. The Balaban J connectivity index is 2.08. The molecule has 1 fully saturated rings. The van der Waals surface area contributed by atoms with E-state index in [1.165, 1.54) is 18.1 Å². The molecule has 0 saturated carbocycles. The van der Waals surface area contributed by atoms with E-state index in [1.54, 1.807) is 13.0 Å². The van der Waals surface area contributed by atoms with Gasteiger partial charge in [0.25, 0.3) is 0 Å². The van der Waals surface area contributed by atoms with Gasteiger partial charge in [0.1, 0.15) is 5.42 Å². The Labute approximate surface area is 210 Å². The number of rotatable bonds is 8. The molecule has 4 rings (SSSR count). The van der Waals surface area contributed by atoms with Crippen LogP contribution in [-0.4, -0.2) is 46.4 Å². The zero-order valence-electron chi connectivity index (χ0n) is 20.2. The summed E-state index contributed by atoms with van der Waals surface area (Å²) in [5, 5.41) is 13.3. The van der Waals surface area contributed by atoms with Crippen molar-refractivity contribution >= 4 is 46.1 Å². The number of carbonyl (C=O) groups is 3. The van der Waals surface area contributed by atoms with Gasteiger partial charge < -0.3 is 14.7 Å². The highest BCUT2D eigenvalue weighted by Crippen LogP contribution is 2.49. The van der Waals surface area contributed by atoms with Gasteiger partial charge in [-0.1, -0.05) is 104 Å². The molecule has 3 aromatic carbocycles. The molecule has 1 N–H and O–H groups in total. The number of carbonyl (C=O) groups excluding carboxylic acids is 2. The number of hydrogen-bond donors (Lipinski definition) is 1. The lowest BCUT2D eigenvalue weighted by Crippen LogP contribution is -2.64. The molecule has 0 spiro atoms. The predicted molar refractivity (Wildman–Crippen MR) is 143 cm³/mol. The molecule has 1 amide bonds. The summed E-state index contributed by atoms with van der Waals surface area (Å²) in [5.74, 6) is -2.26. The minimum absolute atomic E-state index is 0.0747. The summed E-state index contributed by atoms with van der Waals surface area (Å²) in [6, 6.07) is 28.3. The van der Waals surface area contributed by atoms with E-state index >= 15 is 0 Å². The smallest absolute Gasteiger partial charge is 0.353 e. The number of nitrogens with zero attached hydrogens (tertiary/aromatic N) is 1. The van der Waals surface area contributed by atoms with Crippen molar-refractivity contribution in [2.45, 2.75) is 19.4 Å². The summed E-state index contributed by atoms with van der Waals surface area (Å²) in [6.45, 7) is -1.20. The number of esters is 1. The lowest BCUT2D eigenvalue weighted by Gasteiger charge is -2.48. The first-order chi connectivity index (χ1) is 17.4. The highest BCUT2D eigenvalue weighted by Gasteiger charge is 2.50. The molecule has 3 aromatic rings. The van der Waals surface area contributed by atoms with Gasteiger partial charge >= 0.3 is 11.9 Å². The number of β-lactam (4-membered cyclic amide) rings is 1. The minimum atomic E-state index is -2.99. The van der Waals surface area contributed by atoms with Crippen LogP contribution >= 0.6 is 6.89 Å². The number of likely N-dealkylation sites (tertiary alicyclic amines) is 1. The van der Waals surface area contributed by atoms with Gasteiger partial charge in [-0.25, -0.2) is 9.59 Å². The molecule has 6 nitrogen and oxygen atoms in total. The molecule has 0 aromatic heterocycles. The van der Waals surface area contributed by atoms with Gasteiger partial charge in [0.2, 0.25) is 5.91 Å². The summed E-state index contributed by atoms with van der Waals surface area (Å²) in [6.07, 6.45) is 3.28. The summed E-state index contributed by atoms with van der Waals surface area (Å²) in [7, 11) is 1.29. The second-order valence-electron chi connectivity index (χ2n) is 8.53. The van der Waals surface area contributed by atoms with Crippen molar-refractivity contribution in [1.29, 1.82) is 0 Å². The van der Waals surface area contributed by atoms with Crippen LogP contribution in [0.25, 0.3) is 0 Å². The van der Waals surface area contributed by atoms with Crippen molar-refractivity contribution in [2.75, 3.05) is 7.11 Å². The van der Waals surface area contributed by atoms with Crippen LogP contribution in [0.2, 0.25) is 0 Å². The van der Waals surface area contributed by atoms with Gasteiger partial charge in [0, 0.05) is 13.0 Å². The Morgan fingerprint density at radius 2 is 1.33 bits per heavy atom. The maximum absolute atomic E-state index is 13.4. The van der Waals surface area contributed by atoms with Gasteiger partial charge in [-0.3, -0.25) is 4.79 Å². The minimum Gasteiger partial charge on any atom is -0.477 e. The van der Waals surface area contributed by atoms with Gasteiger partial charge in [-0.15, -0.1) is 0 Å². The third-order valence-corrected chi connectivity index (χ3v) is 10.8. The molecule has 0 aliphatic carbocycles. The first-order valence-electron chi connectivity index (χ1n) is 11.7. The van der Waals surface area contributed by atoms with E-state index in [4.69, 9.17) is 0 Å². The molecule has 2 unspecified atom stereocenters. The zero-order valence-corrected chi connectivity index (χ0v) is 21.0. The maximum Gasteiger partial charge on any atom is 0.353 e. The molecule has 0 radical (unpaired) electrons. The molecule has 2 atom stereocenters. The Morgan fingerprint density at radius 1 is 0.889 bits per heavy atom. The fourth-order valence-electron chi connectivity index (χ4n) is 4.81. The van der Waals surface area contributed by atoms with Crippen molar-refractivity contribution in [3.05, 3.63) is 103 Å². The summed E-state index contributed by atoms with van der Waals surface area (Å²) >= 11 is 0. The highest BCUT2D eigenvalue weighted by molar-refractivity contribution is 7.96. The lowest BCUT2D eigenvalue weighted by molar-refractivity contribution is -0.149. The third-order valence-electron chi connectivity index (χ3n) is 6.54. The van der Waals surface area contributed by atoms with Crippen LogP contribution in [0, 0.1) is 5.92 Å². The van der Waals surface area contributed by atoms with E-state index in [9.17, 15) is 19.5 Å². The highest BCUT2D eigenvalue weighted by atomic mass is 31.2. The number of aliphatic carboxylic acids is 1. The van der Waals surface area contributed by atoms with Crippen LogP contribution in [-0.2, 0) is 19.1 Å². The Morgan fingerprint density at radius 3 is 1.72 bits per heavy atom. The molecule has 1 heterocycles. The summed E-state index contributed by atoms with van der Waals surface area (Å²) in [4.78, 5) is 39.6. The van der Waals surface area contributed by atoms with Crippen LogP contribution in [0.15, 0.2) is 103 Å². The zero-order chi connectivity index (χ0) is 25.7.